The number of nitrogens with one attached hydrogen (secondary N) is 2. The number of carbonyl (C=O) groups is 1. The number of hydrogen-bond acceptors (Lipinski definition) is 9. The number of imidazole rings is 1. The molecule has 0 atom stereocenters. The average molecular weight is 457 g/mol. The van der Waals surface area contributed by atoms with Gasteiger partial charge in [-0.15, -0.1) is 0 Å². The number of rotatable bonds is 6. The highest BCUT2D eigenvalue weighted by molar-refractivity contribution is 7.18. The van der Waals surface area contributed by atoms with Gasteiger partial charge in [0.05, 0.1) is 29.1 Å². The first-order chi connectivity index (χ1) is 15.3. The van der Waals surface area contributed by atoms with Crippen molar-refractivity contribution in [3.05, 3.63) is 43.1 Å². The molecule has 0 fully saturated rings. The van der Waals surface area contributed by atoms with Crippen molar-refractivity contribution in [2.45, 2.75) is 32.9 Å². The van der Waals surface area contributed by atoms with Crippen molar-refractivity contribution in [1.82, 2.24) is 34.8 Å². The van der Waals surface area contributed by atoms with E-state index in [2.05, 4.69) is 35.6 Å². The van der Waals surface area contributed by atoms with Crippen LogP contribution >= 0.6 is 11.3 Å². The van der Waals surface area contributed by atoms with E-state index in [9.17, 15) is 9.18 Å². The van der Waals surface area contributed by atoms with Gasteiger partial charge >= 0.3 is 6.09 Å². The summed E-state index contributed by atoms with van der Waals surface area (Å²) in [5, 5.41) is 6.40. The molecule has 0 unspecified atom stereocenters. The third kappa shape index (κ3) is 5.14. The molecule has 0 aliphatic carbocycles. The van der Waals surface area contributed by atoms with E-state index in [0.29, 0.717) is 28.9 Å². The van der Waals surface area contributed by atoms with Gasteiger partial charge in [0.25, 0.3) is 0 Å². The molecule has 4 aromatic heterocycles. The van der Waals surface area contributed by atoms with Crippen molar-refractivity contribution < 1.29 is 13.9 Å². The third-order valence-electron chi connectivity index (χ3n) is 4.17. The highest BCUT2D eigenvalue weighted by Crippen LogP contribution is 2.30. The lowest BCUT2D eigenvalue weighted by Crippen LogP contribution is -2.34. The Kier molecular flexibility index (Phi) is 5.95. The number of ether oxygens (including phenoxy) is 1. The zero-order valence-electron chi connectivity index (χ0n) is 17.7. The maximum Gasteiger partial charge on any atom is 0.407 e. The Bertz CT molecular complexity index is 1250. The lowest BCUT2D eigenvalue weighted by molar-refractivity contribution is 0.0526. The summed E-state index contributed by atoms with van der Waals surface area (Å²) in [6.07, 6.45) is 6.82. The fourth-order valence-corrected chi connectivity index (χ4v) is 3.67. The van der Waals surface area contributed by atoms with Crippen molar-refractivity contribution in [3.8, 4) is 10.6 Å². The number of aromatic nitrogens is 6. The molecule has 0 aliphatic heterocycles. The van der Waals surface area contributed by atoms with Gasteiger partial charge in [-0.2, -0.15) is 0 Å². The normalized spacial score (nSPS) is 11.5. The Hall–Kier alpha value is -3.67. The smallest absolute Gasteiger partial charge is 0.407 e. The molecule has 1 amide bonds. The largest absolute Gasteiger partial charge is 0.444 e. The van der Waals surface area contributed by atoms with E-state index in [-0.39, 0.29) is 5.69 Å². The number of carbonyl (C=O) groups excluding carboxylic acids is 1. The molecule has 0 aliphatic rings. The molecular weight excluding hydrogens is 435 g/mol. The molecule has 0 bridgehead atoms. The second kappa shape index (κ2) is 8.83. The monoisotopic (exact) mass is 456 g/mol. The van der Waals surface area contributed by atoms with Gasteiger partial charge in [0.15, 0.2) is 10.9 Å². The lowest BCUT2D eigenvalue weighted by atomic mass is 10.2. The molecule has 0 radical (unpaired) electrons. The molecule has 166 valence electrons. The Morgan fingerprint density at radius 1 is 1.19 bits per heavy atom. The zero-order valence-corrected chi connectivity index (χ0v) is 18.5. The van der Waals surface area contributed by atoms with E-state index in [1.165, 1.54) is 17.7 Å². The zero-order chi connectivity index (χ0) is 22.7. The number of amides is 1. The van der Waals surface area contributed by atoms with Crippen LogP contribution < -0.4 is 10.6 Å². The molecular formula is C20H21FN8O2S. The predicted molar refractivity (Wildman–Crippen MR) is 118 cm³/mol. The number of fused-ring (bicyclic) bond motifs is 1. The summed E-state index contributed by atoms with van der Waals surface area (Å²) in [6.45, 7) is 6.33. The van der Waals surface area contributed by atoms with Crippen LogP contribution in [0.1, 0.15) is 20.8 Å². The highest BCUT2D eigenvalue weighted by Gasteiger charge is 2.16. The van der Waals surface area contributed by atoms with Gasteiger partial charge in [-0.1, -0.05) is 11.3 Å². The number of halogens is 1. The molecule has 12 heteroatoms. The first-order valence-corrected chi connectivity index (χ1v) is 10.6. The minimum absolute atomic E-state index is 0.199. The summed E-state index contributed by atoms with van der Waals surface area (Å²) in [6, 6.07) is 1.84. The molecule has 2 N–H and O–H groups in total. The molecule has 0 spiro atoms. The first-order valence-electron chi connectivity index (χ1n) is 9.75. The van der Waals surface area contributed by atoms with Crippen LogP contribution in [0, 0.1) is 5.82 Å². The van der Waals surface area contributed by atoms with Crippen molar-refractivity contribution in [2.75, 3.05) is 11.9 Å². The Morgan fingerprint density at radius 2 is 2.03 bits per heavy atom. The van der Waals surface area contributed by atoms with Crippen LogP contribution in [0.5, 0.6) is 0 Å². The van der Waals surface area contributed by atoms with Gasteiger partial charge in [0, 0.05) is 25.4 Å². The number of hydrogen-bond donors (Lipinski definition) is 2. The van der Waals surface area contributed by atoms with Crippen LogP contribution in [0.25, 0.3) is 21.6 Å². The van der Waals surface area contributed by atoms with Crippen LogP contribution in [-0.4, -0.2) is 47.7 Å². The molecule has 10 nitrogen and oxygen atoms in total. The van der Waals surface area contributed by atoms with Gasteiger partial charge in [0.2, 0.25) is 0 Å². The van der Waals surface area contributed by atoms with E-state index in [1.54, 1.807) is 18.7 Å². The molecule has 4 rings (SSSR count). The second-order valence-electron chi connectivity index (χ2n) is 7.80. The van der Waals surface area contributed by atoms with E-state index in [1.807, 2.05) is 31.4 Å². The summed E-state index contributed by atoms with van der Waals surface area (Å²) in [4.78, 5) is 33.0. The van der Waals surface area contributed by atoms with E-state index in [0.717, 1.165) is 17.2 Å². The quantitative estimate of drug-likeness (QED) is 0.450. The van der Waals surface area contributed by atoms with Crippen molar-refractivity contribution >= 4 is 39.4 Å². The second-order valence-corrected chi connectivity index (χ2v) is 8.83. The molecule has 0 saturated heterocycles. The number of anilines is 2. The third-order valence-corrected chi connectivity index (χ3v) is 5.09. The van der Waals surface area contributed by atoms with Gasteiger partial charge in [-0.25, -0.2) is 34.1 Å². The Balaban J connectivity index is 1.44. The lowest BCUT2D eigenvalue weighted by Gasteiger charge is -2.19. The molecule has 0 aromatic carbocycles. The summed E-state index contributed by atoms with van der Waals surface area (Å²) in [5.41, 5.74) is 1.21. The number of pyridine rings is 1. The number of nitrogens with zero attached hydrogens (tertiary/aromatic N) is 6. The van der Waals surface area contributed by atoms with Crippen LogP contribution in [0.15, 0.2) is 37.3 Å². The summed E-state index contributed by atoms with van der Waals surface area (Å²) in [5.74, 6) is 0.0505. The van der Waals surface area contributed by atoms with Crippen LogP contribution in [0.2, 0.25) is 0 Å². The minimum atomic E-state index is -0.549. The van der Waals surface area contributed by atoms with E-state index < -0.39 is 17.5 Å². The number of alkyl carbamates (subject to hydrolysis) is 1. The Labute approximate surface area is 186 Å². The topological polar surface area (TPSA) is 120 Å². The standard InChI is InChI=1S/C20H21FN8O2S/c1-20(2,3)31-19(30)23-4-5-29-11-27-13-8-24-16(6-14(13)29)28-18-25-9-15(32-18)17-12(21)7-22-10-26-17/h6-11H,4-5H2,1-3H3,(H,23,30)(H,24,25,28). The summed E-state index contributed by atoms with van der Waals surface area (Å²) < 4.78 is 21.1. The van der Waals surface area contributed by atoms with Crippen LogP contribution in [0.3, 0.4) is 0 Å². The van der Waals surface area contributed by atoms with Gasteiger partial charge in [-0.05, 0) is 20.8 Å². The number of thiazole rings is 1. The highest BCUT2D eigenvalue weighted by atomic mass is 32.1. The minimum Gasteiger partial charge on any atom is -0.444 e. The van der Waals surface area contributed by atoms with Crippen molar-refractivity contribution in [3.63, 3.8) is 0 Å². The first kappa shape index (κ1) is 21.6. The van der Waals surface area contributed by atoms with E-state index >= 15 is 0 Å². The van der Waals surface area contributed by atoms with Crippen LogP contribution in [0.4, 0.5) is 20.1 Å². The fourth-order valence-electron chi connectivity index (χ4n) is 2.85. The average Bonchev–Trinajstić information content (AvgIpc) is 3.34. The van der Waals surface area contributed by atoms with Crippen molar-refractivity contribution in [2.24, 2.45) is 0 Å². The fraction of sp³-hybridized carbons (Fsp3) is 0.300. The Morgan fingerprint density at radius 3 is 2.81 bits per heavy atom. The molecule has 0 saturated carbocycles. The maximum absolute atomic E-state index is 13.9. The van der Waals surface area contributed by atoms with Gasteiger partial charge in [0.1, 0.15) is 29.0 Å². The van der Waals surface area contributed by atoms with Gasteiger partial charge < -0.3 is 19.9 Å². The molecule has 4 aromatic rings. The maximum atomic E-state index is 13.9. The predicted octanol–water partition coefficient (Wildman–Crippen LogP) is 3.75. The summed E-state index contributed by atoms with van der Waals surface area (Å²) >= 11 is 1.25. The molecule has 4 heterocycles. The van der Waals surface area contributed by atoms with Crippen molar-refractivity contribution in [1.29, 1.82) is 0 Å². The van der Waals surface area contributed by atoms with Gasteiger partial charge in [-0.3, -0.25) is 0 Å². The van der Waals surface area contributed by atoms with Crippen LogP contribution in [-0.2, 0) is 11.3 Å². The summed E-state index contributed by atoms with van der Waals surface area (Å²) in [7, 11) is 0. The molecule has 32 heavy (non-hydrogen) atoms. The SMILES string of the molecule is CC(C)(C)OC(=O)NCCn1cnc2cnc(Nc3ncc(-c4ncncc4F)s3)cc21. The van der Waals surface area contributed by atoms with E-state index in [4.69, 9.17) is 4.74 Å².